The minimum atomic E-state index is -5.41. The molecule has 0 radical (unpaired) electrons. The van der Waals surface area contributed by atoms with Crippen molar-refractivity contribution in [2.24, 2.45) is 5.73 Å². The van der Waals surface area contributed by atoms with Gasteiger partial charge in [0, 0.05) is 11.3 Å². The van der Waals surface area contributed by atoms with Crippen molar-refractivity contribution in [3.8, 4) is 0 Å². The van der Waals surface area contributed by atoms with Crippen LogP contribution in [0.2, 0.25) is 5.02 Å². The molecule has 0 aromatic heterocycles. The minimum absolute atomic E-state index is 0.0376. The zero-order valence-electron chi connectivity index (χ0n) is 19.8. The topological polar surface area (TPSA) is 122 Å². The lowest BCUT2D eigenvalue weighted by molar-refractivity contribution is -0.142. The summed E-state index contributed by atoms with van der Waals surface area (Å²) < 4.78 is 107. The quantitative estimate of drug-likeness (QED) is 0.299. The van der Waals surface area contributed by atoms with Gasteiger partial charge in [-0.25, -0.2) is 23.3 Å². The summed E-state index contributed by atoms with van der Waals surface area (Å²) in [5, 5.41) is 2.33. The zero-order valence-corrected chi connectivity index (χ0v) is 20.5. The molecule has 17 heteroatoms. The number of urea groups is 2. The van der Waals surface area contributed by atoms with Gasteiger partial charge in [-0.1, -0.05) is 17.7 Å². The Bertz CT molecular complexity index is 1520. The zero-order chi connectivity index (χ0) is 30.9. The molecule has 0 bridgehead atoms. The standard InChI is InChI=1S/C24H13ClF8N4O4/c25-18-13(24(31,32)33)8-11(23(28,29)30)9-16(18)37(21(34)40)20(39)10-4-6-12(7-5-10)35-22(41)36-19(38)17-14(26)2-1-3-15(17)27/h1-9H,(H2,34,40)(H2,35,36,38,41). The van der Waals surface area contributed by atoms with Crippen molar-refractivity contribution in [2.45, 2.75) is 12.4 Å². The van der Waals surface area contributed by atoms with Gasteiger partial charge in [-0.2, -0.15) is 26.3 Å². The Morgan fingerprint density at radius 1 is 0.829 bits per heavy atom. The molecule has 6 amide bonds. The third kappa shape index (κ3) is 6.89. The SMILES string of the molecule is NC(=O)N(C(=O)c1ccc(NC(=O)NC(=O)c2c(F)cccc2F)cc1)c1cc(C(F)(F)F)cc(C(F)(F)F)c1Cl. The molecule has 0 aliphatic carbocycles. The number of rotatable bonds is 4. The monoisotopic (exact) mass is 608 g/mol. The average molecular weight is 609 g/mol. The van der Waals surface area contributed by atoms with E-state index in [1.54, 1.807) is 5.32 Å². The summed E-state index contributed by atoms with van der Waals surface area (Å²) in [5.41, 5.74) is -1.77. The molecule has 0 heterocycles. The van der Waals surface area contributed by atoms with Crippen LogP contribution >= 0.6 is 11.6 Å². The molecular formula is C24H13ClF8N4O4. The summed E-state index contributed by atoms with van der Waals surface area (Å²) in [6, 6.07) is 2.97. The molecule has 4 N–H and O–H groups in total. The second-order valence-electron chi connectivity index (χ2n) is 7.91. The van der Waals surface area contributed by atoms with Gasteiger partial charge in [0.05, 0.1) is 21.8 Å². The molecular weight excluding hydrogens is 596 g/mol. The van der Waals surface area contributed by atoms with E-state index in [2.05, 4.69) is 5.32 Å². The fourth-order valence-corrected chi connectivity index (χ4v) is 3.64. The number of carbonyl (C=O) groups excluding carboxylic acids is 4. The molecule has 0 fully saturated rings. The maximum absolute atomic E-state index is 13.7. The van der Waals surface area contributed by atoms with Crippen molar-refractivity contribution >= 4 is 46.9 Å². The molecule has 0 saturated heterocycles. The molecule has 41 heavy (non-hydrogen) atoms. The number of alkyl halides is 6. The van der Waals surface area contributed by atoms with Crippen molar-refractivity contribution < 1.29 is 54.3 Å². The van der Waals surface area contributed by atoms with Crippen LogP contribution in [0.4, 0.5) is 56.1 Å². The van der Waals surface area contributed by atoms with Crippen LogP contribution in [-0.4, -0.2) is 23.9 Å². The number of hydrogen-bond acceptors (Lipinski definition) is 4. The van der Waals surface area contributed by atoms with Gasteiger partial charge < -0.3 is 11.1 Å². The third-order valence-electron chi connectivity index (χ3n) is 5.16. The summed E-state index contributed by atoms with van der Waals surface area (Å²) in [7, 11) is 0. The van der Waals surface area contributed by atoms with E-state index >= 15 is 0 Å². The molecule has 3 aromatic carbocycles. The fourth-order valence-electron chi connectivity index (χ4n) is 3.34. The Labute approximate surface area is 228 Å². The van der Waals surface area contributed by atoms with E-state index in [1.807, 2.05) is 0 Å². The number of nitrogens with zero attached hydrogens (tertiary/aromatic N) is 1. The Morgan fingerprint density at radius 2 is 1.39 bits per heavy atom. The Morgan fingerprint density at radius 3 is 1.88 bits per heavy atom. The highest BCUT2D eigenvalue weighted by Gasteiger charge is 2.41. The Kier molecular flexibility index (Phi) is 8.57. The lowest BCUT2D eigenvalue weighted by Crippen LogP contribution is -2.41. The number of amides is 6. The van der Waals surface area contributed by atoms with Gasteiger partial charge in [-0.05, 0) is 48.5 Å². The van der Waals surface area contributed by atoms with Gasteiger partial charge in [0.25, 0.3) is 11.8 Å². The van der Waals surface area contributed by atoms with Crippen molar-refractivity contribution in [2.75, 3.05) is 10.2 Å². The molecule has 3 rings (SSSR count). The van der Waals surface area contributed by atoms with E-state index in [0.717, 1.165) is 42.5 Å². The molecule has 3 aromatic rings. The van der Waals surface area contributed by atoms with Crippen LogP contribution in [0.3, 0.4) is 0 Å². The maximum atomic E-state index is 13.7. The molecule has 0 aliphatic rings. The van der Waals surface area contributed by atoms with Gasteiger partial charge in [0.1, 0.15) is 17.2 Å². The predicted molar refractivity (Wildman–Crippen MR) is 127 cm³/mol. The second kappa shape index (κ2) is 11.4. The van der Waals surface area contributed by atoms with Crippen LogP contribution in [0.25, 0.3) is 0 Å². The number of primary amides is 1. The second-order valence-corrected chi connectivity index (χ2v) is 8.29. The van der Waals surface area contributed by atoms with Crippen LogP contribution in [0.1, 0.15) is 31.8 Å². The number of halogens is 9. The van der Waals surface area contributed by atoms with Crippen molar-refractivity contribution in [1.29, 1.82) is 0 Å². The summed E-state index contributed by atoms with van der Waals surface area (Å²) in [6.07, 6.45) is -10.7. The maximum Gasteiger partial charge on any atom is 0.417 e. The first-order valence-corrected chi connectivity index (χ1v) is 11.1. The van der Waals surface area contributed by atoms with Gasteiger partial charge in [0.2, 0.25) is 0 Å². The van der Waals surface area contributed by atoms with E-state index in [-0.39, 0.29) is 22.7 Å². The van der Waals surface area contributed by atoms with E-state index in [1.165, 1.54) is 0 Å². The van der Waals surface area contributed by atoms with E-state index < -0.39 is 80.8 Å². The number of nitrogens with two attached hydrogens (primary N) is 1. The van der Waals surface area contributed by atoms with Crippen LogP contribution in [0.5, 0.6) is 0 Å². The van der Waals surface area contributed by atoms with Crippen LogP contribution in [-0.2, 0) is 12.4 Å². The molecule has 0 atom stereocenters. The predicted octanol–water partition coefficient (Wildman–Crippen LogP) is 6.34. The average Bonchev–Trinajstić information content (AvgIpc) is 2.83. The number of carbonyl (C=O) groups is 4. The van der Waals surface area contributed by atoms with Gasteiger partial charge in [-0.3, -0.25) is 14.9 Å². The van der Waals surface area contributed by atoms with Crippen molar-refractivity contribution in [1.82, 2.24) is 5.32 Å². The largest absolute Gasteiger partial charge is 0.417 e. The Hall–Kier alpha value is -4.73. The highest BCUT2D eigenvalue weighted by Crippen LogP contribution is 2.44. The molecule has 0 aliphatic heterocycles. The number of benzene rings is 3. The normalized spacial score (nSPS) is 11.5. The molecule has 8 nitrogen and oxygen atoms in total. The third-order valence-corrected chi connectivity index (χ3v) is 5.55. The van der Waals surface area contributed by atoms with E-state index in [0.29, 0.717) is 0 Å². The summed E-state index contributed by atoms with van der Waals surface area (Å²) in [5.74, 6) is -5.42. The van der Waals surface area contributed by atoms with Crippen molar-refractivity contribution in [3.63, 3.8) is 0 Å². The molecule has 216 valence electrons. The van der Waals surface area contributed by atoms with Crippen molar-refractivity contribution in [3.05, 3.63) is 93.5 Å². The van der Waals surface area contributed by atoms with Gasteiger partial charge in [-0.15, -0.1) is 0 Å². The number of anilines is 2. The summed E-state index contributed by atoms with van der Waals surface area (Å²) in [6.45, 7) is 0. The van der Waals surface area contributed by atoms with Crippen LogP contribution in [0.15, 0.2) is 54.6 Å². The summed E-state index contributed by atoms with van der Waals surface area (Å²) in [4.78, 5) is 48.8. The number of hydrogen-bond donors (Lipinski definition) is 3. The number of imide groups is 2. The molecule has 0 unspecified atom stereocenters. The van der Waals surface area contributed by atoms with Gasteiger partial charge in [0.15, 0.2) is 0 Å². The molecule has 0 spiro atoms. The number of nitrogens with one attached hydrogen (secondary N) is 2. The lowest BCUT2D eigenvalue weighted by atomic mass is 10.1. The van der Waals surface area contributed by atoms with Crippen LogP contribution in [0, 0.1) is 11.6 Å². The fraction of sp³-hybridized carbons (Fsp3) is 0.0833. The smallest absolute Gasteiger partial charge is 0.351 e. The first kappa shape index (κ1) is 30.8. The summed E-state index contributed by atoms with van der Waals surface area (Å²) >= 11 is 5.66. The first-order chi connectivity index (χ1) is 18.9. The Balaban J connectivity index is 1.88. The van der Waals surface area contributed by atoms with E-state index in [4.69, 9.17) is 17.3 Å². The lowest BCUT2D eigenvalue weighted by Gasteiger charge is -2.23. The highest BCUT2D eigenvalue weighted by atomic mass is 35.5. The first-order valence-electron chi connectivity index (χ1n) is 10.7. The van der Waals surface area contributed by atoms with E-state index in [9.17, 15) is 54.3 Å². The minimum Gasteiger partial charge on any atom is -0.351 e. The molecule has 0 saturated carbocycles. The van der Waals surface area contributed by atoms with Gasteiger partial charge >= 0.3 is 24.4 Å². The highest BCUT2D eigenvalue weighted by molar-refractivity contribution is 6.36. The van der Waals surface area contributed by atoms with Crippen LogP contribution < -0.4 is 21.3 Å².